The first-order valence-electron chi connectivity index (χ1n) is 8.34. The Labute approximate surface area is 149 Å². The molecular formula is C18H20F3N3O2. The van der Waals surface area contributed by atoms with Crippen molar-refractivity contribution < 1.29 is 23.0 Å². The molecule has 0 radical (unpaired) electrons. The summed E-state index contributed by atoms with van der Waals surface area (Å²) in [6.07, 6.45) is -2.49. The molecule has 1 aliphatic heterocycles. The van der Waals surface area contributed by atoms with E-state index >= 15 is 0 Å². The minimum atomic E-state index is -4.51. The summed E-state index contributed by atoms with van der Waals surface area (Å²) in [7, 11) is 2.03. The number of halogens is 3. The van der Waals surface area contributed by atoms with Gasteiger partial charge in [0.05, 0.1) is 11.3 Å². The summed E-state index contributed by atoms with van der Waals surface area (Å²) >= 11 is 0. The van der Waals surface area contributed by atoms with Crippen LogP contribution in [0.1, 0.15) is 24.0 Å². The number of hydrogen-bond acceptors (Lipinski definition) is 5. The highest BCUT2D eigenvalue weighted by atomic mass is 19.4. The van der Waals surface area contributed by atoms with Gasteiger partial charge < -0.3 is 14.7 Å². The van der Waals surface area contributed by atoms with Crippen molar-refractivity contribution in [1.29, 1.82) is 0 Å². The van der Waals surface area contributed by atoms with Crippen molar-refractivity contribution in [3.05, 3.63) is 35.4 Å². The summed E-state index contributed by atoms with van der Waals surface area (Å²) in [4.78, 5) is 2.18. The van der Waals surface area contributed by atoms with Gasteiger partial charge in [-0.25, -0.2) is 0 Å². The Hall–Kier alpha value is -2.35. The van der Waals surface area contributed by atoms with Crippen LogP contribution in [0.25, 0.3) is 11.3 Å². The van der Waals surface area contributed by atoms with Gasteiger partial charge in [0, 0.05) is 18.2 Å². The van der Waals surface area contributed by atoms with Gasteiger partial charge in [-0.3, -0.25) is 0 Å². The molecule has 8 heteroatoms. The third kappa shape index (κ3) is 4.07. The van der Waals surface area contributed by atoms with Crippen LogP contribution in [0.5, 0.6) is 11.6 Å². The van der Waals surface area contributed by atoms with Gasteiger partial charge in [0.2, 0.25) is 5.88 Å². The molecule has 0 spiro atoms. The first-order chi connectivity index (χ1) is 12.2. The number of phenolic OH excluding ortho intramolecular Hbond substituents is 1. The Morgan fingerprint density at radius 1 is 1.23 bits per heavy atom. The van der Waals surface area contributed by atoms with Gasteiger partial charge in [-0.1, -0.05) is 0 Å². The summed E-state index contributed by atoms with van der Waals surface area (Å²) in [6.45, 7) is 3.60. The predicted molar refractivity (Wildman–Crippen MR) is 90.0 cm³/mol. The number of alkyl halides is 3. The Kier molecular flexibility index (Phi) is 5.04. The molecule has 140 valence electrons. The van der Waals surface area contributed by atoms with E-state index < -0.39 is 17.5 Å². The zero-order valence-corrected chi connectivity index (χ0v) is 14.5. The molecule has 1 saturated heterocycles. The van der Waals surface area contributed by atoms with Gasteiger partial charge in [0.15, 0.2) is 0 Å². The molecule has 2 heterocycles. The molecule has 0 aliphatic carbocycles. The van der Waals surface area contributed by atoms with Crippen LogP contribution in [0.3, 0.4) is 0 Å². The number of rotatable bonds is 3. The van der Waals surface area contributed by atoms with Gasteiger partial charge in [0.1, 0.15) is 11.9 Å². The largest absolute Gasteiger partial charge is 0.507 e. The van der Waals surface area contributed by atoms with Gasteiger partial charge in [0.25, 0.3) is 0 Å². The van der Waals surface area contributed by atoms with Crippen LogP contribution >= 0.6 is 0 Å². The smallest absolute Gasteiger partial charge is 0.416 e. The SMILES string of the molecule is Cc1cc(O[C@@H]2CCCN(C)C2)nnc1-c1ccc(C(F)(F)F)cc1O. The van der Waals surface area contributed by atoms with E-state index in [1.807, 2.05) is 7.05 Å². The van der Waals surface area contributed by atoms with E-state index in [2.05, 4.69) is 15.1 Å². The van der Waals surface area contributed by atoms with Crippen LogP contribution in [0.4, 0.5) is 13.2 Å². The monoisotopic (exact) mass is 367 g/mol. The van der Waals surface area contributed by atoms with Crippen LogP contribution in [0.15, 0.2) is 24.3 Å². The molecule has 1 aliphatic rings. The summed E-state index contributed by atoms with van der Waals surface area (Å²) < 4.78 is 44.0. The fraction of sp³-hybridized carbons (Fsp3) is 0.444. The molecule has 0 bridgehead atoms. The number of phenols is 1. The molecule has 26 heavy (non-hydrogen) atoms. The quantitative estimate of drug-likeness (QED) is 0.897. The summed E-state index contributed by atoms with van der Waals surface area (Å²) in [6, 6.07) is 4.50. The standard InChI is InChI=1S/C18H20F3N3O2/c1-11-8-16(26-13-4-3-7-24(2)10-13)22-23-17(11)14-6-5-12(9-15(14)25)18(19,20)21/h5-6,8-9,13,25H,3-4,7,10H2,1-2H3/t13-/m1/s1. The second-order valence-corrected chi connectivity index (χ2v) is 6.59. The van der Waals surface area contributed by atoms with Crippen LogP contribution < -0.4 is 4.74 Å². The lowest BCUT2D eigenvalue weighted by atomic mass is 10.0. The number of hydrogen-bond donors (Lipinski definition) is 1. The molecule has 1 aromatic carbocycles. The second-order valence-electron chi connectivity index (χ2n) is 6.59. The van der Waals surface area contributed by atoms with Crippen LogP contribution in [0, 0.1) is 6.92 Å². The van der Waals surface area contributed by atoms with E-state index in [9.17, 15) is 18.3 Å². The number of ether oxygens (including phenoxy) is 1. The molecule has 1 atom stereocenters. The normalized spacial score (nSPS) is 18.7. The van der Waals surface area contributed by atoms with Gasteiger partial charge in [-0.2, -0.15) is 13.2 Å². The zero-order valence-electron chi connectivity index (χ0n) is 14.5. The van der Waals surface area contributed by atoms with Gasteiger partial charge >= 0.3 is 6.18 Å². The highest BCUT2D eigenvalue weighted by Gasteiger charge is 2.31. The first-order valence-corrected chi connectivity index (χ1v) is 8.34. The number of likely N-dealkylation sites (tertiary alicyclic amines) is 1. The number of likely N-dealkylation sites (N-methyl/N-ethyl adjacent to an activating group) is 1. The third-order valence-electron chi connectivity index (χ3n) is 4.41. The fourth-order valence-electron chi connectivity index (χ4n) is 3.08. The minimum Gasteiger partial charge on any atom is -0.507 e. The van der Waals surface area contributed by atoms with Crippen molar-refractivity contribution in [3.8, 4) is 22.9 Å². The van der Waals surface area contributed by atoms with Crippen molar-refractivity contribution >= 4 is 0 Å². The fourth-order valence-corrected chi connectivity index (χ4v) is 3.08. The minimum absolute atomic E-state index is 0.0350. The average molecular weight is 367 g/mol. The maximum absolute atomic E-state index is 12.7. The van der Waals surface area contributed by atoms with Crippen molar-refractivity contribution in [3.63, 3.8) is 0 Å². The molecule has 5 nitrogen and oxygen atoms in total. The van der Waals surface area contributed by atoms with Crippen LogP contribution in [-0.4, -0.2) is 46.4 Å². The van der Waals surface area contributed by atoms with E-state index in [4.69, 9.17) is 4.74 Å². The molecule has 3 rings (SSSR count). The van der Waals surface area contributed by atoms with E-state index in [-0.39, 0.29) is 11.7 Å². The van der Waals surface area contributed by atoms with Crippen LogP contribution in [-0.2, 0) is 6.18 Å². The van der Waals surface area contributed by atoms with Crippen molar-refractivity contribution in [2.75, 3.05) is 20.1 Å². The third-order valence-corrected chi connectivity index (χ3v) is 4.41. The van der Waals surface area contributed by atoms with Crippen molar-refractivity contribution in [1.82, 2.24) is 15.1 Å². The highest BCUT2D eigenvalue weighted by Crippen LogP contribution is 2.37. The topological polar surface area (TPSA) is 58.5 Å². The molecule has 0 saturated carbocycles. The lowest BCUT2D eigenvalue weighted by Crippen LogP contribution is -2.38. The zero-order chi connectivity index (χ0) is 18.9. The van der Waals surface area contributed by atoms with E-state index in [1.54, 1.807) is 13.0 Å². The van der Waals surface area contributed by atoms with Crippen LogP contribution in [0.2, 0.25) is 0 Å². The Bertz CT molecular complexity index is 796. The maximum atomic E-state index is 12.7. The molecule has 1 aromatic heterocycles. The summed E-state index contributed by atoms with van der Waals surface area (Å²) in [5.74, 6) is -0.113. The molecule has 1 fully saturated rings. The number of aromatic hydroxyl groups is 1. The van der Waals surface area contributed by atoms with Crippen molar-refractivity contribution in [2.45, 2.75) is 32.0 Å². The van der Waals surface area contributed by atoms with Gasteiger partial charge in [-0.15, -0.1) is 10.2 Å². The second kappa shape index (κ2) is 7.11. The summed E-state index contributed by atoms with van der Waals surface area (Å²) in [5.41, 5.74) is 0.274. The van der Waals surface area contributed by atoms with Crippen molar-refractivity contribution in [2.24, 2.45) is 0 Å². The van der Waals surface area contributed by atoms with Gasteiger partial charge in [-0.05, 0) is 57.1 Å². The molecule has 0 unspecified atom stereocenters. The van der Waals surface area contributed by atoms with E-state index in [0.717, 1.165) is 32.0 Å². The first kappa shape index (κ1) is 18.4. The highest BCUT2D eigenvalue weighted by molar-refractivity contribution is 5.70. The molecular weight excluding hydrogens is 347 g/mol. The number of nitrogens with zero attached hydrogens (tertiary/aromatic N) is 3. The molecule has 1 N–H and O–H groups in total. The Morgan fingerprint density at radius 2 is 2.00 bits per heavy atom. The number of aryl methyl sites for hydroxylation is 1. The van der Waals surface area contributed by atoms with E-state index in [0.29, 0.717) is 23.2 Å². The predicted octanol–water partition coefficient (Wildman–Crippen LogP) is 3.65. The lowest BCUT2D eigenvalue weighted by molar-refractivity contribution is -0.137. The number of piperidine rings is 1. The molecule has 2 aromatic rings. The Balaban J connectivity index is 1.81. The number of aromatic nitrogens is 2. The lowest BCUT2D eigenvalue weighted by Gasteiger charge is -2.29. The maximum Gasteiger partial charge on any atom is 0.416 e. The average Bonchev–Trinajstić information content (AvgIpc) is 2.55. The summed E-state index contributed by atoms with van der Waals surface area (Å²) in [5, 5.41) is 18.1. The van der Waals surface area contributed by atoms with E-state index in [1.165, 1.54) is 6.07 Å². The molecule has 0 amide bonds. The number of benzene rings is 1. The Morgan fingerprint density at radius 3 is 2.62 bits per heavy atom.